The third-order valence-electron chi connectivity index (χ3n) is 2.66. The van der Waals surface area contributed by atoms with Gasteiger partial charge in [0.2, 0.25) is 0 Å². The second-order valence-electron chi connectivity index (χ2n) is 4.00. The first-order chi connectivity index (χ1) is 9.61. The summed E-state index contributed by atoms with van der Waals surface area (Å²) in [4.78, 5) is 11.6. The monoisotopic (exact) mass is 274 g/mol. The number of nitrogens with zero attached hydrogens (tertiary/aromatic N) is 1. The van der Waals surface area contributed by atoms with Crippen LogP contribution in [0.25, 0.3) is 0 Å². The fraction of sp³-hybridized carbons (Fsp3) is 0.143. The predicted molar refractivity (Wildman–Crippen MR) is 73.0 cm³/mol. The zero-order chi connectivity index (χ0) is 14.5. The van der Waals surface area contributed by atoms with Crippen molar-refractivity contribution in [1.82, 2.24) is 5.43 Å². The third-order valence-corrected chi connectivity index (χ3v) is 2.66. The van der Waals surface area contributed by atoms with E-state index in [9.17, 15) is 9.90 Å². The van der Waals surface area contributed by atoms with Crippen molar-refractivity contribution in [3.63, 3.8) is 0 Å². The highest BCUT2D eigenvalue weighted by molar-refractivity contribution is 6.02. The molecule has 1 heterocycles. The predicted octanol–water partition coefficient (Wildman–Crippen LogP) is 2.15. The van der Waals surface area contributed by atoms with E-state index in [0.29, 0.717) is 17.0 Å². The number of carbonyl (C=O) groups is 1. The summed E-state index contributed by atoms with van der Waals surface area (Å²) in [6.07, 6.45) is 1.40. The molecule has 0 saturated heterocycles. The van der Waals surface area contributed by atoms with E-state index in [4.69, 9.17) is 9.15 Å². The highest BCUT2D eigenvalue weighted by Crippen LogP contribution is 2.23. The lowest BCUT2D eigenvalue weighted by Crippen LogP contribution is -2.18. The van der Waals surface area contributed by atoms with Gasteiger partial charge in [0.05, 0.1) is 19.1 Å². The molecular weight excluding hydrogens is 260 g/mol. The summed E-state index contributed by atoms with van der Waals surface area (Å²) in [5.41, 5.74) is 3.32. The molecule has 0 fully saturated rings. The van der Waals surface area contributed by atoms with Crippen molar-refractivity contribution >= 4 is 11.6 Å². The molecule has 6 heteroatoms. The lowest BCUT2D eigenvalue weighted by molar-refractivity contribution is 0.0927. The number of carbonyl (C=O) groups excluding carboxylic acids is 1. The normalized spacial score (nSPS) is 11.2. The molecule has 6 nitrogen and oxygen atoms in total. The van der Waals surface area contributed by atoms with Gasteiger partial charge in [-0.2, -0.15) is 5.10 Å². The van der Waals surface area contributed by atoms with Gasteiger partial charge in [-0.05, 0) is 31.2 Å². The first-order valence-electron chi connectivity index (χ1n) is 5.87. The van der Waals surface area contributed by atoms with Crippen LogP contribution >= 0.6 is 0 Å². The van der Waals surface area contributed by atoms with E-state index in [1.807, 2.05) is 0 Å². The van der Waals surface area contributed by atoms with E-state index in [2.05, 4.69) is 10.5 Å². The molecule has 0 spiro atoms. The molecule has 0 radical (unpaired) electrons. The van der Waals surface area contributed by atoms with Gasteiger partial charge in [0.1, 0.15) is 11.5 Å². The Morgan fingerprint density at radius 2 is 2.20 bits per heavy atom. The highest BCUT2D eigenvalue weighted by Gasteiger charge is 2.09. The number of nitrogens with one attached hydrogen (secondary N) is 1. The number of ether oxygens (including phenoxy) is 1. The van der Waals surface area contributed by atoms with E-state index in [1.54, 1.807) is 25.1 Å². The van der Waals surface area contributed by atoms with Crippen LogP contribution in [0.15, 0.2) is 46.1 Å². The summed E-state index contributed by atoms with van der Waals surface area (Å²) in [6, 6.07) is 7.98. The summed E-state index contributed by atoms with van der Waals surface area (Å²) in [5.74, 6) is 0.277. The quantitative estimate of drug-likeness (QED) is 0.661. The number of methoxy groups -OCH3 is 1. The number of phenolic OH excluding ortho intramolecular Hbond substituents is 1. The topological polar surface area (TPSA) is 84.1 Å². The number of hydrogen-bond donors (Lipinski definition) is 2. The average molecular weight is 274 g/mol. The zero-order valence-corrected chi connectivity index (χ0v) is 11.1. The van der Waals surface area contributed by atoms with E-state index < -0.39 is 5.91 Å². The van der Waals surface area contributed by atoms with Crippen LogP contribution in [0.3, 0.4) is 0 Å². The summed E-state index contributed by atoms with van der Waals surface area (Å²) in [7, 11) is 1.51. The van der Waals surface area contributed by atoms with Crippen molar-refractivity contribution in [2.75, 3.05) is 7.11 Å². The Labute approximate surface area is 115 Å². The maximum absolute atomic E-state index is 11.6. The molecule has 0 aliphatic carbocycles. The highest BCUT2D eigenvalue weighted by atomic mass is 16.5. The fourth-order valence-electron chi connectivity index (χ4n) is 1.60. The van der Waals surface area contributed by atoms with Gasteiger partial charge in [-0.3, -0.25) is 4.79 Å². The fourth-order valence-corrected chi connectivity index (χ4v) is 1.60. The number of hydrogen-bond acceptors (Lipinski definition) is 5. The van der Waals surface area contributed by atoms with Crippen molar-refractivity contribution in [3.05, 3.63) is 47.9 Å². The van der Waals surface area contributed by atoms with Gasteiger partial charge in [0, 0.05) is 11.6 Å². The van der Waals surface area contributed by atoms with Crippen LogP contribution in [0.4, 0.5) is 0 Å². The van der Waals surface area contributed by atoms with Gasteiger partial charge in [-0.15, -0.1) is 0 Å². The maximum Gasteiger partial charge on any atom is 0.307 e. The Kier molecular flexibility index (Phi) is 4.05. The van der Waals surface area contributed by atoms with Crippen LogP contribution in [0.5, 0.6) is 11.5 Å². The first kappa shape index (κ1) is 13.7. The molecule has 2 N–H and O–H groups in total. The number of aromatic hydroxyl groups is 1. The van der Waals surface area contributed by atoms with Crippen molar-refractivity contribution < 1.29 is 19.1 Å². The summed E-state index contributed by atoms with van der Waals surface area (Å²) < 4.78 is 9.93. The van der Waals surface area contributed by atoms with Gasteiger partial charge >= 0.3 is 5.91 Å². The second kappa shape index (κ2) is 5.92. The smallest absolute Gasteiger partial charge is 0.307 e. The Morgan fingerprint density at radius 1 is 1.40 bits per heavy atom. The van der Waals surface area contributed by atoms with Crippen molar-refractivity contribution in [2.45, 2.75) is 6.92 Å². The standard InChI is InChI=1S/C14H14N2O4/c1-9(11-6-5-10(19-2)8-12(11)17)15-16-14(18)13-4-3-7-20-13/h3-8,17H,1-2H3,(H,16,18)/b15-9+. The minimum absolute atomic E-state index is 0.0258. The zero-order valence-electron chi connectivity index (χ0n) is 11.1. The van der Waals surface area contributed by atoms with Gasteiger partial charge in [-0.25, -0.2) is 5.43 Å². The third kappa shape index (κ3) is 2.97. The van der Waals surface area contributed by atoms with E-state index >= 15 is 0 Å². The Balaban J connectivity index is 2.12. The molecule has 0 aliphatic rings. The molecule has 0 aliphatic heterocycles. The average Bonchev–Trinajstić information content (AvgIpc) is 2.98. The van der Waals surface area contributed by atoms with Gasteiger partial charge in [0.15, 0.2) is 5.76 Å². The molecule has 2 aromatic rings. The van der Waals surface area contributed by atoms with Crippen LogP contribution in [-0.2, 0) is 0 Å². The molecule has 0 saturated carbocycles. The van der Waals surface area contributed by atoms with Gasteiger partial charge < -0.3 is 14.3 Å². The first-order valence-corrected chi connectivity index (χ1v) is 5.87. The van der Waals surface area contributed by atoms with E-state index in [1.165, 1.54) is 25.5 Å². The molecular formula is C14H14N2O4. The number of phenols is 1. The molecule has 0 bridgehead atoms. The largest absolute Gasteiger partial charge is 0.507 e. The lowest BCUT2D eigenvalue weighted by atomic mass is 10.1. The number of amides is 1. The number of benzene rings is 1. The van der Waals surface area contributed by atoms with Crippen molar-refractivity contribution in [3.8, 4) is 11.5 Å². The SMILES string of the molecule is COc1ccc(/C(C)=N/NC(=O)c2ccco2)c(O)c1. The Hall–Kier alpha value is -2.76. The minimum Gasteiger partial charge on any atom is -0.507 e. The molecule has 2 rings (SSSR count). The molecule has 1 aromatic carbocycles. The molecule has 20 heavy (non-hydrogen) atoms. The van der Waals surface area contributed by atoms with Crippen molar-refractivity contribution in [1.29, 1.82) is 0 Å². The minimum atomic E-state index is -0.456. The van der Waals surface area contributed by atoms with Gasteiger partial charge in [-0.1, -0.05) is 0 Å². The van der Waals surface area contributed by atoms with Crippen LogP contribution in [0.2, 0.25) is 0 Å². The lowest BCUT2D eigenvalue weighted by Gasteiger charge is -2.06. The molecule has 1 aromatic heterocycles. The summed E-state index contributed by atoms with van der Waals surface area (Å²) in [6.45, 7) is 1.67. The van der Waals surface area contributed by atoms with E-state index in [0.717, 1.165) is 0 Å². The number of hydrazone groups is 1. The second-order valence-corrected chi connectivity index (χ2v) is 4.00. The molecule has 0 unspecified atom stereocenters. The molecule has 1 amide bonds. The number of furan rings is 1. The van der Waals surface area contributed by atoms with Crippen LogP contribution < -0.4 is 10.2 Å². The van der Waals surface area contributed by atoms with Gasteiger partial charge in [0.25, 0.3) is 0 Å². The van der Waals surface area contributed by atoms with Crippen molar-refractivity contribution in [2.24, 2.45) is 5.10 Å². The number of rotatable bonds is 4. The van der Waals surface area contributed by atoms with Crippen LogP contribution in [-0.4, -0.2) is 23.8 Å². The molecule has 0 atom stereocenters. The Morgan fingerprint density at radius 3 is 2.80 bits per heavy atom. The molecule has 104 valence electrons. The summed E-state index contributed by atoms with van der Waals surface area (Å²) >= 11 is 0. The Bertz CT molecular complexity index is 633. The van der Waals surface area contributed by atoms with E-state index in [-0.39, 0.29) is 11.5 Å². The maximum atomic E-state index is 11.6. The van der Waals surface area contributed by atoms with Crippen LogP contribution in [0.1, 0.15) is 23.0 Å². The summed E-state index contributed by atoms with van der Waals surface area (Å²) in [5, 5.41) is 13.8. The van der Waals surface area contributed by atoms with Crippen LogP contribution in [0, 0.1) is 0 Å².